The van der Waals surface area contributed by atoms with Crippen LogP contribution in [0, 0.1) is 6.92 Å². The second-order valence-corrected chi connectivity index (χ2v) is 8.24. The van der Waals surface area contributed by atoms with Crippen LogP contribution in [-0.2, 0) is 16.1 Å². The smallest absolute Gasteiger partial charge is 0.251 e. The van der Waals surface area contributed by atoms with Crippen LogP contribution in [0.1, 0.15) is 17.5 Å². The van der Waals surface area contributed by atoms with Crippen LogP contribution in [0.5, 0.6) is 0 Å². The van der Waals surface area contributed by atoms with Crippen LogP contribution >= 0.6 is 0 Å². The van der Waals surface area contributed by atoms with E-state index >= 15 is 0 Å². The van der Waals surface area contributed by atoms with Gasteiger partial charge in [0.05, 0.1) is 6.33 Å². The normalized spacial score (nSPS) is 21.8. The molecule has 5 rings (SSSR count). The number of fused-ring (bicyclic) bond motifs is 1. The summed E-state index contributed by atoms with van der Waals surface area (Å²) in [7, 11) is 1.44. The summed E-state index contributed by atoms with van der Waals surface area (Å²) in [4.78, 5) is 30.4. The van der Waals surface area contributed by atoms with Crippen molar-refractivity contribution < 1.29 is 19.7 Å². The number of aromatic nitrogens is 5. The second-order valence-electron chi connectivity index (χ2n) is 8.24. The van der Waals surface area contributed by atoms with Crippen molar-refractivity contribution in [3.05, 3.63) is 66.2 Å². The molecule has 11 nitrogen and oxygen atoms in total. The number of imidazole rings is 1. The van der Waals surface area contributed by atoms with Crippen LogP contribution < -0.4 is 10.6 Å². The van der Waals surface area contributed by atoms with Gasteiger partial charge in [-0.3, -0.25) is 14.3 Å². The number of aliphatic hydroxyl groups is 2. The molecule has 0 radical (unpaired) electrons. The van der Waals surface area contributed by atoms with Gasteiger partial charge in [-0.25, -0.2) is 15.0 Å². The molecule has 0 saturated carbocycles. The van der Waals surface area contributed by atoms with E-state index in [1.165, 1.54) is 17.9 Å². The molecule has 0 bridgehead atoms. The van der Waals surface area contributed by atoms with Gasteiger partial charge in [0.25, 0.3) is 5.91 Å². The van der Waals surface area contributed by atoms with Crippen LogP contribution in [0.4, 0.5) is 5.82 Å². The maximum absolute atomic E-state index is 12.1. The Balaban J connectivity index is 1.59. The standard InChI is InChI=1S/C24H25N7O4/c1-13-15(9-6-10-26-13)20-29-21(27-11-14-7-4-3-5-8-14)16-22(30-20)31(12-28-16)24-18(33)17(32)19(35-24)23(34)25-2/h3-10,12,17-19,24,32-33H,11H2,1-2H3,(H,25,34)(H,27,29,30)/t17?,18?,19-,24?/m1/s1. The van der Waals surface area contributed by atoms with Crippen LogP contribution in [0.15, 0.2) is 55.0 Å². The third kappa shape index (κ3) is 4.20. The lowest BCUT2D eigenvalue weighted by Crippen LogP contribution is -2.41. The number of carbonyl (C=O) groups excluding carboxylic acids is 1. The maximum atomic E-state index is 12.1. The molecular weight excluding hydrogens is 450 g/mol. The lowest BCUT2D eigenvalue weighted by atomic mass is 10.1. The van der Waals surface area contributed by atoms with E-state index in [0.717, 1.165) is 16.8 Å². The quantitative estimate of drug-likeness (QED) is 0.323. The first kappa shape index (κ1) is 22.8. The number of likely N-dealkylation sites (N-methyl/N-ethyl adjacent to an activating group) is 1. The first-order chi connectivity index (χ1) is 17.0. The molecule has 180 valence electrons. The minimum absolute atomic E-state index is 0.377. The summed E-state index contributed by atoms with van der Waals surface area (Å²) in [5, 5.41) is 26.9. The molecule has 1 fully saturated rings. The van der Waals surface area contributed by atoms with Crippen LogP contribution in [-0.4, -0.2) is 66.0 Å². The number of carbonyl (C=O) groups is 1. The van der Waals surface area contributed by atoms with Gasteiger partial charge in [-0.2, -0.15) is 0 Å². The number of aliphatic hydroxyl groups excluding tert-OH is 2. The molecule has 1 amide bonds. The first-order valence-corrected chi connectivity index (χ1v) is 11.2. The number of anilines is 1. The van der Waals surface area contributed by atoms with E-state index in [1.807, 2.05) is 43.3 Å². The predicted molar refractivity (Wildman–Crippen MR) is 127 cm³/mol. The Morgan fingerprint density at radius 1 is 1.09 bits per heavy atom. The van der Waals surface area contributed by atoms with Crippen LogP contribution in [0.25, 0.3) is 22.6 Å². The average molecular weight is 476 g/mol. The number of hydrogen-bond donors (Lipinski definition) is 4. The Morgan fingerprint density at radius 2 is 1.89 bits per heavy atom. The van der Waals surface area contributed by atoms with Crippen LogP contribution in [0.3, 0.4) is 0 Å². The lowest BCUT2D eigenvalue weighted by molar-refractivity contribution is -0.137. The fraction of sp³-hybridized carbons (Fsp3) is 0.292. The topological polar surface area (TPSA) is 147 Å². The molecule has 11 heteroatoms. The largest absolute Gasteiger partial charge is 0.387 e. The number of hydrogen-bond acceptors (Lipinski definition) is 9. The van der Waals surface area contributed by atoms with Crippen molar-refractivity contribution in [3.63, 3.8) is 0 Å². The lowest BCUT2D eigenvalue weighted by Gasteiger charge is -2.17. The molecule has 4 N–H and O–H groups in total. The highest BCUT2D eigenvalue weighted by atomic mass is 16.6. The molecule has 0 aliphatic carbocycles. The zero-order valence-electron chi connectivity index (χ0n) is 19.2. The minimum atomic E-state index is -1.41. The van der Waals surface area contributed by atoms with E-state index in [-0.39, 0.29) is 0 Å². The number of rotatable bonds is 6. The number of ether oxygens (including phenoxy) is 1. The van der Waals surface area contributed by atoms with E-state index in [4.69, 9.17) is 14.7 Å². The van der Waals surface area contributed by atoms with Crippen molar-refractivity contribution in [2.45, 2.75) is 38.0 Å². The summed E-state index contributed by atoms with van der Waals surface area (Å²) in [5.41, 5.74) is 3.38. The van der Waals surface area contributed by atoms with Gasteiger partial charge in [-0.05, 0) is 24.6 Å². The summed E-state index contributed by atoms with van der Waals surface area (Å²) in [5.74, 6) is 0.373. The number of nitrogens with zero attached hydrogens (tertiary/aromatic N) is 5. The number of nitrogens with one attached hydrogen (secondary N) is 2. The van der Waals surface area contributed by atoms with Crippen molar-refractivity contribution in [1.82, 2.24) is 29.8 Å². The van der Waals surface area contributed by atoms with Gasteiger partial charge in [0.1, 0.15) is 12.2 Å². The van der Waals surface area contributed by atoms with Crippen molar-refractivity contribution in [2.24, 2.45) is 0 Å². The number of aryl methyl sites for hydroxylation is 1. The van der Waals surface area contributed by atoms with Crippen molar-refractivity contribution in [3.8, 4) is 11.4 Å². The molecule has 4 atom stereocenters. The number of pyridine rings is 1. The summed E-state index contributed by atoms with van der Waals surface area (Å²) in [6.45, 7) is 2.37. The highest BCUT2D eigenvalue weighted by Gasteiger charge is 2.47. The molecule has 3 aromatic heterocycles. The highest BCUT2D eigenvalue weighted by Crippen LogP contribution is 2.34. The molecule has 1 aromatic carbocycles. The van der Waals surface area contributed by atoms with Gasteiger partial charge in [-0.1, -0.05) is 30.3 Å². The summed E-state index contributed by atoms with van der Waals surface area (Å²) >= 11 is 0. The third-order valence-corrected chi connectivity index (χ3v) is 5.99. The van der Waals surface area contributed by atoms with E-state index in [1.54, 1.807) is 12.3 Å². The molecule has 1 aliphatic heterocycles. The Kier molecular flexibility index (Phi) is 6.12. The SMILES string of the molecule is CNC(=O)[C@@H]1OC(n2cnc3c(NCc4ccccc4)nc(-c4cccnc4C)nc32)C(O)C1O. The van der Waals surface area contributed by atoms with Crippen molar-refractivity contribution >= 4 is 22.9 Å². The molecule has 4 aromatic rings. The van der Waals surface area contributed by atoms with Gasteiger partial charge < -0.3 is 25.6 Å². The van der Waals surface area contributed by atoms with Crippen LogP contribution in [0.2, 0.25) is 0 Å². The van der Waals surface area contributed by atoms with Gasteiger partial charge >= 0.3 is 0 Å². The fourth-order valence-electron chi connectivity index (χ4n) is 4.10. The summed E-state index contributed by atoms with van der Waals surface area (Å²) in [6.07, 6.45) is -1.92. The van der Waals surface area contributed by atoms with Gasteiger partial charge in [-0.15, -0.1) is 0 Å². The van der Waals surface area contributed by atoms with Crippen molar-refractivity contribution in [1.29, 1.82) is 0 Å². The molecule has 1 aliphatic rings. The minimum Gasteiger partial charge on any atom is -0.387 e. The number of amides is 1. The Morgan fingerprint density at radius 3 is 2.63 bits per heavy atom. The van der Waals surface area contributed by atoms with E-state index in [9.17, 15) is 15.0 Å². The van der Waals surface area contributed by atoms with E-state index < -0.39 is 30.4 Å². The molecule has 3 unspecified atom stereocenters. The monoisotopic (exact) mass is 475 g/mol. The summed E-state index contributed by atoms with van der Waals surface area (Å²) in [6, 6.07) is 13.5. The van der Waals surface area contributed by atoms with Gasteiger partial charge in [0.15, 0.2) is 35.1 Å². The molecule has 35 heavy (non-hydrogen) atoms. The Hall–Kier alpha value is -3.93. The second kappa shape index (κ2) is 9.37. The zero-order valence-corrected chi connectivity index (χ0v) is 19.2. The maximum Gasteiger partial charge on any atom is 0.251 e. The zero-order chi connectivity index (χ0) is 24.5. The fourth-order valence-corrected chi connectivity index (χ4v) is 4.10. The molecular formula is C24H25N7O4. The highest BCUT2D eigenvalue weighted by molar-refractivity contribution is 5.85. The summed E-state index contributed by atoms with van der Waals surface area (Å²) < 4.78 is 7.26. The Bertz CT molecular complexity index is 1360. The number of benzene rings is 1. The molecule has 1 saturated heterocycles. The van der Waals surface area contributed by atoms with Gasteiger partial charge in [0, 0.05) is 31.0 Å². The first-order valence-electron chi connectivity index (χ1n) is 11.2. The molecule has 0 spiro atoms. The van der Waals surface area contributed by atoms with Crippen molar-refractivity contribution in [2.75, 3.05) is 12.4 Å². The van der Waals surface area contributed by atoms with Gasteiger partial charge in [0.2, 0.25) is 0 Å². The third-order valence-electron chi connectivity index (χ3n) is 5.99. The van der Waals surface area contributed by atoms with E-state index in [0.29, 0.717) is 29.4 Å². The van der Waals surface area contributed by atoms with E-state index in [2.05, 4.69) is 20.6 Å². The Labute approximate surface area is 200 Å². The predicted octanol–water partition coefficient (Wildman–Crippen LogP) is 1.17. The average Bonchev–Trinajstić information content (AvgIpc) is 3.43. The molecule has 4 heterocycles.